The Morgan fingerprint density at radius 1 is 0.438 bits per heavy atom. The number of carbonyl (C=O) groups is 2. The van der Waals surface area contributed by atoms with Crippen LogP contribution in [-0.2, 0) is 56.9 Å². The molecule has 1 heterocycles. The molecule has 1 aliphatic carbocycles. The Balaban J connectivity index is 1.83. The zero-order chi connectivity index (χ0) is 46.8. The molecule has 0 unspecified atom stereocenters. The molecule has 0 saturated heterocycles. The Labute approximate surface area is 384 Å². The minimum atomic E-state index is -0.265. The maximum absolute atomic E-state index is 13.6. The summed E-state index contributed by atoms with van der Waals surface area (Å²) in [5, 5.41) is 5.93. The molecule has 10 bridgehead atoms. The van der Waals surface area contributed by atoms with Crippen LogP contribution in [0.4, 0.5) is 0 Å². The molecule has 0 aromatic heterocycles. The summed E-state index contributed by atoms with van der Waals surface area (Å²) in [7, 11) is 0. The van der Waals surface area contributed by atoms with Gasteiger partial charge < -0.3 is 29.6 Å². The second kappa shape index (κ2) is 19.2. The Morgan fingerprint density at radius 3 is 0.922 bits per heavy atom. The molecule has 0 saturated carbocycles. The highest BCUT2D eigenvalue weighted by molar-refractivity contribution is 5.79. The van der Waals surface area contributed by atoms with E-state index >= 15 is 0 Å². The second-order valence-electron chi connectivity index (χ2n) is 22.2. The van der Waals surface area contributed by atoms with E-state index in [4.69, 9.17) is 18.9 Å². The lowest BCUT2D eigenvalue weighted by Crippen LogP contribution is -2.38. The lowest BCUT2D eigenvalue weighted by molar-refractivity contribution is -0.124. The quantitative estimate of drug-likeness (QED) is 0.176. The van der Waals surface area contributed by atoms with E-state index in [1.807, 2.05) is 0 Å². The number of nitrogens with one attached hydrogen (secondary N) is 2. The van der Waals surface area contributed by atoms with Crippen LogP contribution in [0.3, 0.4) is 0 Å². The molecule has 0 radical (unpaired) electrons. The predicted octanol–water partition coefficient (Wildman–Crippen LogP) is 11.1. The smallest absolute Gasteiger partial charge is 0.258 e. The van der Waals surface area contributed by atoms with E-state index in [-0.39, 0.29) is 59.8 Å². The summed E-state index contributed by atoms with van der Waals surface area (Å²) >= 11 is 0. The molecule has 4 aromatic rings. The van der Waals surface area contributed by atoms with E-state index in [9.17, 15) is 9.59 Å². The Kier molecular flexibility index (Phi) is 14.6. The van der Waals surface area contributed by atoms with Crippen molar-refractivity contribution >= 4 is 11.8 Å². The summed E-state index contributed by atoms with van der Waals surface area (Å²) in [6.45, 7) is 32.6. The fourth-order valence-corrected chi connectivity index (χ4v) is 8.55. The first-order valence-electron chi connectivity index (χ1n) is 23.7. The van der Waals surface area contributed by atoms with Gasteiger partial charge in [0.15, 0.2) is 13.2 Å². The molecule has 346 valence electrons. The Morgan fingerprint density at radius 2 is 0.688 bits per heavy atom. The summed E-state index contributed by atoms with van der Waals surface area (Å²) < 4.78 is 27.4. The van der Waals surface area contributed by atoms with Crippen molar-refractivity contribution in [3.8, 4) is 23.0 Å². The van der Waals surface area contributed by atoms with Crippen molar-refractivity contribution in [2.75, 3.05) is 39.5 Å². The molecule has 8 nitrogen and oxygen atoms in total. The number of benzene rings is 4. The minimum Gasteiger partial charge on any atom is -0.493 e. The van der Waals surface area contributed by atoms with E-state index in [1.165, 1.54) is 22.3 Å². The van der Waals surface area contributed by atoms with Gasteiger partial charge in [-0.2, -0.15) is 0 Å². The lowest BCUT2D eigenvalue weighted by atomic mass is 9.79. The van der Waals surface area contributed by atoms with Gasteiger partial charge in [0.2, 0.25) is 0 Å². The van der Waals surface area contributed by atoms with Crippen molar-refractivity contribution in [3.63, 3.8) is 0 Å². The van der Waals surface area contributed by atoms with Gasteiger partial charge in [-0.05, 0) is 101 Å². The molecular formula is C56H76N2O6. The number of fused-ring (bicyclic) bond motifs is 2. The average Bonchev–Trinajstić information content (AvgIpc) is 3.18. The van der Waals surface area contributed by atoms with Gasteiger partial charge in [0, 0.05) is 38.8 Å². The van der Waals surface area contributed by atoms with Crippen LogP contribution >= 0.6 is 0 Å². The fraction of sp³-hybridized carbons (Fsp3) is 0.536. The normalized spacial score (nSPS) is 15.3. The highest BCUT2D eigenvalue weighted by atomic mass is 16.5. The first kappa shape index (κ1) is 48.5. The summed E-state index contributed by atoms with van der Waals surface area (Å²) in [6.07, 6.45) is 3.77. The van der Waals surface area contributed by atoms with Crippen molar-refractivity contribution in [3.05, 3.63) is 115 Å². The summed E-state index contributed by atoms with van der Waals surface area (Å²) in [5.41, 5.74) is 12.2. The largest absolute Gasteiger partial charge is 0.493 e. The van der Waals surface area contributed by atoms with Crippen LogP contribution in [0.25, 0.3) is 0 Å². The van der Waals surface area contributed by atoms with Crippen molar-refractivity contribution in [2.24, 2.45) is 0 Å². The van der Waals surface area contributed by atoms with Gasteiger partial charge in [-0.25, -0.2) is 0 Å². The number of hydrogen-bond acceptors (Lipinski definition) is 6. The molecule has 0 fully saturated rings. The van der Waals surface area contributed by atoms with Crippen molar-refractivity contribution in [2.45, 2.75) is 157 Å². The van der Waals surface area contributed by atoms with Crippen LogP contribution in [-0.4, -0.2) is 51.3 Å². The van der Waals surface area contributed by atoms with Crippen LogP contribution < -0.4 is 29.6 Å². The van der Waals surface area contributed by atoms with Crippen molar-refractivity contribution < 1.29 is 28.5 Å². The molecule has 64 heavy (non-hydrogen) atoms. The highest BCUT2D eigenvalue weighted by Crippen LogP contribution is 2.44. The number of amides is 2. The topological polar surface area (TPSA) is 95.1 Å². The van der Waals surface area contributed by atoms with Gasteiger partial charge in [-0.15, -0.1) is 0 Å². The molecule has 4 aromatic carbocycles. The molecule has 2 aliphatic rings. The molecule has 8 heteroatoms. The summed E-state index contributed by atoms with van der Waals surface area (Å²) in [6, 6.07) is 18.4. The monoisotopic (exact) mass is 873 g/mol. The van der Waals surface area contributed by atoms with Gasteiger partial charge in [0.25, 0.3) is 11.8 Å². The first-order chi connectivity index (χ1) is 30.0. The Hall–Kier alpha value is -4.98. The number of rotatable bonds is 6. The third-order valence-electron chi connectivity index (χ3n) is 12.3. The van der Waals surface area contributed by atoms with Gasteiger partial charge in [-0.1, -0.05) is 145 Å². The van der Waals surface area contributed by atoms with E-state index in [0.29, 0.717) is 50.4 Å². The van der Waals surface area contributed by atoms with Crippen LogP contribution in [0.15, 0.2) is 48.5 Å². The number of carbonyl (C=O) groups excluding carboxylic acids is 2. The van der Waals surface area contributed by atoms with E-state index < -0.39 is 0 Å². The van der Waals surface area contributed by atoms with E-state index in [1.54, 1.807) is 0 Å². The SMILES string of the molecule is CCCOc1c2cc(C(C)(C)C)cc1Cc1cc(C(C)(C)C)cc3c1OCC(=O)NCCNC(=O)COc1c(cc(C(C)(C)C)cc1Cc1cc(C(C)(C)C)cc(c1OCCC)C3)C2. The van der Waals surface area contributed by atoms with Crippen molar-refractivity contribution in [1.82, 2.24) is 10.6 Å². The zero-order valence-corrected chi connectivity index (χ0v) is 41.6. The zero-order valence-electron chi connectivity index (χ0n) is 41.6. The van der Waals surface area contributed by atoms with Gasteiger partial charge in [-0.3, -0.25) is 9.59 Å². The fourth-order valence-electron chi connectivity index (χ4n) is 8.55. The van der Waals surface area contributed by atoms with E-state index in [0.717, 1.165) is 68.8 Å². The van der Waals surface area contributed by atoms with Gasteiger partial charge >= 0.3 is 0 Å². The molecule has 0 spiro atoms. The standard InChI is InChI=1S/C56H76N2O6/c1-15-19-61-49-35-21-39-29-45(55(9,10)11)31-41-23-37-27-44(54(6,7)8)28-38(50(37)62-20-16-2)24-42-32-46(56(12,13)14)30-40(22-36(49)26-43(25-35)53(3,4)5)52(42)64-34-48(60)58-18-17-57-47(59)33-63-51(39)41/h25-32H,15-24,33-34H2,1-14H3,(H,57,59)(H,58,60). The van der Waals surface area contributed by atoms with Crippen molar-refractivity contribution in [1.29, 1.82) is 0 Å². The van der Waals surface area contributed by atoms with Gasteiger partial charge in [0.05, 0.1) is 13.2 Å². The predicted molar refractivity (Wildman–Crippen MR) is 260 cm³/mol. The maximum atomic E-state index is 13.6. The lowest BCUT2D eigenvalue weighted by Gasteiger charge is -2.29. The van der Waals surface area contributed by atoms with Crippen LogP contribution in [0.1, 0.15) is 177 Å². The molecule has 2 amide bonds. The van der Waals surface area contributed by atoms with Gasteiger partial charge in [0.1, 0.15) is 23.0 Å². The molecule has 6 rings (SSSR count). The molecule has 1 aliphatic heterocycles. The maximum Gasteiger partial charge on any atom is 0.258 e. The minimum absolute atomic E-state index is 0.182. The van der Waals surface area contributed by atoms with Crippen LogP contribution in [0.2, 0.25) is 0 Å². The van der Waals surface area contributed by atoms with Crippen LogP contribution in [0.5, 0.6) is 23.0 Å². The molecular weight excluding hydrogens is 797 g/mol. The molecule has 0 atom stereocenters. The number of ether oxygens (including phenoxy) is 4. The second-order valence-corrected chi connectivity index (χ2v) is 22.2. The third-order valence-corrected chi connectivity index (χ3v) is 12.3. The van der Waals surface area contributed by atoms with E-state index in [2.05, 4.69) is 156 Å². The average molecular weight is 873 g/mol. The number of hydrogen-bond donors (Lipinski definition) is 2. The highest BCUT2D eigenvalue weighted by Gasteiger charge is 2.30. The third kappa shape index (κ3) is 11.6. The summed E-state index contributed by atoms with van der Waals surface area (Å²) in [5.74, 6) is 2.58. The Bertz CT molecular complexity index is 2090. The molecule has 2 N–H and O–H groups in total. The first-order valence-corrected chi connectivity index (χ1v) is 23.7. The summed E-state index contributed by atoms with van der Waals surface area (Å²) in [4.78, 5) is 27.2. The van der Waals surface area contributed by atoms with Crippen LogP contribution in [0, 0.1) is 0 Å².